The molecule has 3 amide bonds. The number of amides is 3. The lowest BCUT2D eigenvalue weighted by Gasteiger charge is -2.31. The molecule has 1 aliphatic heterocycles. The maximum absolute atomic E-state index is 13.3. The Morgan fingerprint density at radius 1 is 1.20 bits per heavy atom. The van der Waals surface area contributed by atoms with Crippen LogP contribution in [-0.4, -0.2) is 72.8 Å². The van der Waals surface area contributed by atoms with Crippen LogP contribution in [0.1, 0.15) is 64.4 Å². The number of benzene rings is 1. The van der Waals surface area contributed by atoms with Crippen LogP contribution in [0.5, 0.6) is 5.75 Å². The molecule has 13 heteroatoms. The van der Waals surface area contributed by atoms with Crippen molar-refractivity contribution in [2.45, 2.75) is 88.3 Å². The smallest absolute Gasteiger partial charge is 0.408 e. The predicted molar refractivity (Wildman–Crippen MR) is 146 cm³/mol. The van der Waals surface area contributed by atoms with Gasteiger partial charge in [-0.05, 0) is 68.6 Å². The van der Waals surface area contributed by atoms with Gasteiger partial charge in [0.1, 0.15) is 17.4 Å². The summed E-state index contributed by atoms with van der Waals surface area (Å²) < 4.78 is 44.1. The molecule has 1 unspecified atom stereocenters. The molecule has 1 heterocycles. The SMILES string of the molecule is COc1cccc(CC2(OC(=O)N[C@@H](CC(C)C)C(=O)N[C@@H](C[C@@H]3CCNC3=O)C(O)S(=O)(=O)O)CCCC2)c1. The van der Waals surface area contributed by atoms with Crippen LogP contribution in [-0.2, 0) is 30.9 Å². The number of rotatable bonds is 13. The minimum atomic E-state index is -4.95. The highest BCUT2D eigenvalue weighted by Crippen LogP contribution is 2.37. The second-order valence-corrected chi connectivity index (χ2v) is 12.7. The topological polar surface area (TPSA) is 180 Å². The molecule has 1 saturated carbocycles. The van der Waals surface area contributed by atoms with Crippen LogP contribution >= 0.6 is 0 Å². The molecule has 0 bridgehead atoms. The maximum atomic E-state index is 13.3. The lowest BCUT2D eigenvalue weighted by molar-refractivity contribution is -0.126. The Morgan fingerprint density at radius 3 is 2.48 bits per heavy atom. The van der Waals surface area contributed by atoms with Gasteiger partial charge in [-0.1, -0.05) is 26.0 Å². The zero-order valence-corrected chi connectivity index (χ0v) is 24.0. The number of aliphatic hydroxyl groups is 1. The van der Waals surface area contributed by atoms with Crippen molar-refractivity contribution in [3.05, 3.63) is 29.8 Å². The fraction of sp³-hybridized carbons (Fsp3) is 0.667. The highest BCUT2D eigenvalue weighted by atomic mass is 32.2. The van der Waals surface area contributed by atoms with Crippen LogP contribution in [0.3, 0.4) is 0 Å². The van der Waals surface area contributed by atoms with E-state index in [4.69, 9.17) is 9.47 Å². The highest BCUT2D eigenvalue weighted by Gasteiger charge is 2.40. The van der Waals surface area contributed by atoms with Gasteiger partial charge in [-0.2, -0.15) is 8.42 Å². The molecular formula is C27H41N3O9S. The number of ether oxygens (including phenoxy) is 2. The maximum Gasteiger partial charge on any atom is 0.408 e. The van der Waals surface area contributed by atoms with Crippen LogP contribution < -0.4 is 20.7 Å². The molecule has 4 atom stereocenters. The van der Waals surface area contributed by atoms with Crippen LogP contribution in [0.25, 0.3) is 0 Å². The van der Waals surface area contributed by atoms with Gasteiger partial charge in [-0.3, -0.25) is 14.1 Å². The summed E-state index contributed by atoms with van der Waals surface area (Å²) in [5, 5.41) is 18.0. The Balaban J connectivity index is 1.73. The molecule has 2 aliphatic rings. The summed E-state index contributed by atoms with van der Waals surface area (Å²) in [6.07, 6.45) is 3.16. The van der Waals surface area contributed by atoms with Gasteiger partial charge in [0.25, 0.3) is 10.1 Å². The van der Waals surface area contributed by atoms with E-state index in [1.54, 1.807) is 7.11 Å². The molecule has 3 rings (SSSR count). The second-order valence-electron chi connectivity index (χ2n) is 11.2. The molecule has 1 aromatic rings. The molecule has 224 valence electrons. The monoisotopic (exact) mass is 583 g/mol. The molecule has 40 heavy (non-hydrogen) atoms. The highest BCUT2D eigenvalue weighted by molar-refractivity contribution is 7.86. The number of hydrogen-bond donors (Lipinski definition) is 5. The summed E-state index contributed by atoms with van der Waals surface area (Å²) in [6.45, 7) is 4.08. The molecule has 0 radical (unpaired) electrons. The third-order valence-electron chi connectivity index (χ3n) is 7.48. The van der Waals surface area contributed by atoms with Crippen molar-refractivity contribution in [1.29, 1.82) is 0 Å². The van der Waals surface area contributed by atoms with Crippen LogP contribution in [0.15, 0.2) is 24.3 Å². The molecule has 0 spiro atoms. The van der Waals surface area contributed by atoms with Crippen molar-refractivity contribution in [1.82, 2.24) is 16.0 Å². The van der Waals surface area contributed by atoms with E-state index in [1.165, 1.54) is 0 Å². The standard InChI is InChI=1S/C27H41N3O9S/c1-17(2)13-21(24(32)29-22(25(33)40(35,36)37)15-19-9-12-28-23(19)31)30-26(34)39-27(10-4-5-11-27)16-18-7-6-8-20(14-18)38-3/h6-8,14,17,19,21-22,25,33H,4-5,9-13,15-16H2,1-3H3,(H,28,31)(H,29,32)(H,30,34)(H,35,36,37)/t19-,21-,22-,25?/m0/s1. The summed E-state index contributed by atoms with van der Waals surface area (Å²) in [5.41, 5.74) is -2.15. The van der Waals surface area contributed by atoms with Crippen molar-refractivity contribution in [2.24, 2.45) is 11.8 Å². The first-order chi connectivity index (χ1) is 18.8. The first-order valence-corrected chi connectivity index (χ1v) is 15.2. The number of methoxy groups -OCH3 is 1. The molecule has 1 saturated heterocycles. The number of alkyl carbamates (subject to hydrolysis) is 1. The van der Waals surface area contributed by atoms with Crippen molar-refractivity contribution in [3.63, 3.8) is 0 Å². The number of hydrogen-bond acceptors (Lipinski definition) is 8. The number of aliphatic hydroxyl groups excluding tert-OH is 1. The first kappa shape index (κ1) is 31.6. The molecule has 12 nitrogen and oxygen atoms in total. The van der Waals surface area contributed by atoms with E-state index in [-0.39, 0.29) is 24.7 Å². The second kappa shape index (κ2) is 13.6. The van der Waals surface area contributed by atoms with Gasteiger partial charge in [0, 0.05) is 18.9 Å². The van der Waals surface area contributed by atoms with E-state index in [0.717, 1.165) is 18.4 Å². The number of nitrogens with one attached hydrogen (secondary N) is 3. The zero-order valence-electron chi connectivity index (χ0n) is 23.2. The van der Waals surface area contributed by atoms with E-state index >= 15 is 0 Å². The number of carbonyl (C=O) groups is 3. The third-order valence-corrected chi connectivity index (χ3v) is 8.42. The summed E-state index contributed by atoms with van der Waals surface area (Å²) >= 11 is 0. The van der Waals surface area contributed by atoms with Crippen LogP contribution in [0.2, 0.25) is 0 Å². The van der Waals surface area contributed by atoms with Crippen molar-refractivity contribution in [2.75, 3.05) is 13.7 Å². The Bertz CT molecular complexity index is 1150. The Labute approximate surface area is 235 Å². The van der Waals surface area contributed by atoms with Gasteiger partial charge in [0.15, 0.2) is 0 Å². The largest absolute Gasteiger partial charge is 0.497 e. The Morgan fingerprint density at radius 2 is 1.90 bits per heavy atom. The van der Waals surface area contributed by atoms with Crippen molar-refractivity contribution < 1.29 is 41.9 Å². The van der Waals surface area contributed by atoms with Gasteiger partial charge >= 0.3 is 6.09 Å². The summed E-state index contributed by atoms with van der Waals surface area (Å²) in [4.78, 5) is 38.5. The summed E-state index contributed by atoms with van der Waals surface area (Å²) in [5.74, 6) is -1.09. The van der Waals surface area contributed by atoms with E-state index in [2.05, 4.69) is 16.0 Å². The molecular weight excluding hydrogens is 542 g/mol. The average molecular weight is 584 g/mol. The Hall–Kier alpha value is -2.90. The van der Waals surface area contributed by atoms with E-state index in [9.17, 15) is 32.5 Å². The minimum Gasteiger partial charge on any atom is -0.497 e. The van der Waals surface area contributed by atoms with Crippen molar-refractivity contribution in [3.8, 4) is 5.75 Å². The van der Waals surface area contributed by atoms with E-state index < -0.39 is 51.2 Å². The normalized spacial score (nSPS) is 20.9. The molecule has 1 aromatic carbocycles. The third kappa shape index (κ3) is 8.80. The molecule has 0 aromatic heterocycles. The lowest BCUT2D eigenvalue weighted by atomic mass is 9.92. The van der Waals surface area contributed by atoms with Crippen LogP contribution in [0, 0.1) is 11.8 Å². The fourth-order valence-corrected chi connectivity index (χ4v) is 6.07. The zero-order chi connectivity index (χ0) is 29.5. The van der Waals surface area contributed by atoms with Crippen molar-refractivity contribution >= 4 is 28.0 Å². The molecule has 1 aliphatic carbocycles. The summed E-state index contributed by atoms with van der Waals surface area (Å²) in [7, 11) is -3.37. The number of carbonyl (C=O) groups excluding carboxylic acids is 3. The van der Waals surface area contributed by atoms with Crippen LogP contribution in [0.4, 0.5) is 4.79 Å². The molecule has 5 N–H and O–H groups in total. The first-order valence-electron chi connectivity index (χ1n) is 13.7. The Kier molecular flexibility index (Phi) is 10.8. The van der Waals surface area contributed by atoms with Gasteiger partial charge in [-0.25, -0.2) is 4.79 Å². The van der Waals surface area contributed by atoms with E-state index in [0.29, 0.717) is 38.0 Å². The quantitative estimate of drug-likeness (QED) is 0.217. The fourth-order valence-electron chi connectivity index (χ4n) is 5.47. The lowest BCUT2D eigenvalue weighted by Crippen LogP contribution is -2.55. The van der Waals surface area contributed by atoms with E-state index in [1.807, 2.05) is 38.1 Å². The van der Waals surface area contributed by atoms with Gasteiger partial charge in [-0.15, -0.1) is 0 Å². The summed E-state index contributed by atoms with van der Waals surface area (Å²) in [6, 6.07) is 4.94. The van der Waals surface area contributed by atoms with Gasteiger partial charge in [0.2, 0.25) is 17.3 Å². The van der Waals surface area contributed by atoms with Gasteiger partial charge < -0.3 is 30.5 Å². The predicted octanol–water partition coefficient (Wildman–Crippen LogP) is 1.91. The molecule has 2 fully saturated rings. The minimum absolute atomic E-state index is 0.0427. The van der Waals surface area contributed by atoms with Gasteiger partial charge in [0.05, 0.1) is 13.2 Å². The average Bonchev–Trinajstić information content (AvgIpc) is 3.50.